The number of benzene rings is 1. The fraction of sp³-hybridized carbons (Fsp3) is 0.200. The molecule has 0 unspecified atom stereocenters. The Morgan fingerprint density at radius 1 is 1.14 bits per heavy atom. The van der Waals surface area contributed by atoms with Crippen LogP contribution >= 0.6 is 27.3 Å². The average molecular weight is 364 g/mol. The maximum atomic E-state index is 5.71. The van der Waals surface area contributed by atoms with Crippen LogP contribution in [-0.4, -0.2) is 17.0 Å². The SMILES string of the molecule is CNc1nc(COCc2ccc(Br)cc2)nc2sccc12. The number of nitrogens with zero attached hydrogens (tertiary/aromatic N) is 2. The largest absolute Gasteiger partial charge is 0.372 e. The summed E-state index contributed by atoms with van der Waals surface area (Å²) in [6.45, 7) is 0.951. The van der Waals surface area contributed by atoms with Gasteiger partial charge in [-0.25, -0.2) is 9.97 Å². The minimum Gasteiger partial charge on any atom is -0.372 e. The van der Waals surface area contributed by atoms with E-state index < -0.39 is 0 Å². The van der Waals surface area contributed by atoms with Gasteiger partial charge in [0.2, 0.25) is 0 Å². The number of hydrogen-bond acceptors (Lipinski definition) is 5. The van der Waals surface area contributed by atoms with E-state index in [1.165, 1.54) is 0 Å². The van der Waals surface area contributed by atoms with Crippen molar-refractivity contribution in [1.29, 1.82) is 0 Å². The lowest BCUT2D eigenvalue weighted by molar-refractivity contribution is 0.102. The topological polar surface area (TPSA) is 47.0 Å². The monoisotopic (exact) mass is 363 g/mol. The Labute approximate surface area is 135 Å². The van der Waals surface area contributed by atoms with E-state index in [0.717, 1.165) is 26.1 Å². The molecule has 2 aromatic heterocycles. The summed E-state index contributed by atoms with van der Waals surface area (Å²) in [5.74, 6) is 1.55. The molecule has 1 aromatic carbocycles. The number of ether oxygens (including phenoxy) is 1. The van der Waals surface area contributed by atoms with Gasteiger partial charge in [-0.1, -0.05) is 28.1 Å². The van der Waals surface area contributed by atoms with Gasteiger partial charge in [0, 0.05) is 11.5 Å². The molecule has 1 N–H and O–H groups in total. The third-order valence-electron chi connectivity index (χ3n) is 3.02. The number of thiophene rings is 1. The predicted molar refractivity (Wildman–Crippen MR) is 89.6 cm³/mol. The first-order valence-corrected chi connectivity index (χ1v) is 8.17. The Morgan fingerprint density at radius 3 is 2.71 bits per heavy atom. The Morgan fingerprint density at radius 2 is 1.95 bits per heavy atom. The lowest BCUT2D eigenvalue weighted by Crippen LogP contribution is -2.03. The standard InChI is InChI=1S/C15H14BrN3OS/c1-17-14-12-6-7-21-15(12)19-13(18-14)9-20-8-10-2-4-11(16)5-3-10/h2-7H,8-9H2,1H3,(H,17,18,19). The molecular formula is C15H14BrN3OS. The number of rotatable bonds is 5. The highest BCUT2D eigenvalue weighted by Crippen LogP contribution is 2.24. The van der Waals surface area contributed by atoms with Crippen LogP contribution in [0.5, 0.6) is 0 Å². The lowest BCUT2D eigenvalue weighted by atomic mass is 10.2. The molecule has 4 nitrogen and oxygen atoms in total. The Hall–Kier alpha value is -1.50. The molecule has 108 valence electrons. The fourth-order valence-corrected chi connectivity index (χ4v) is 3.04. The zero-order valence-corrected chi connectivity index (χ0v) is 13.9. The number of aromatic nitrogens is 2. The summed E-state index contributed by atoms with van der Waals surface area (Å²) in [4.78, 5) is 10.00. The number of nitrogens with one attached hydrogen (secondary N) is 1. The van der Waals surface area contributed by atoms with Crippen LogP contribution in [0.25, 0.3) is 10.2 Å². The van der Waals surface area contributed by atoms with Crippen LogP contribution in [0.15, 0.2) is 40.2 Å². The van der Waals surface area contributed by atoms with Crippen LogP contribution in [-0.2, 0) is 18.0 Å². The fourth-order valence-electron chi connectivity index (χ4n) is 2.00. The van der Waals surface area contributed by atoms with Crippen molar-refractivity contribution in [3.05, 3.63) is 51.6 Å². The normalized spacial score (nSPS) is 11.0. The van der Waals surface area contributed by atoms with Gasteiger partial charge in [0.05, 0.1) is 12.0 Å². The third kappa shape index (κ3) is 3.40. The zero-order chi connectivity index (χ0) is 14.7. The molecule has 0 radical (unpaired) electrons. The molecule has 0 aliphatic rings. The van der Waals surface area contributed by atoms with Crippen molar-refractivity contribution in [3.8, 4) is 0 Å². The van der Waals surface area contributed by atoms with Gasteiger partial charge in [0.25, 0.3) is 0 Å². The summed E-state index contributed by atoms with van der Waals surface area (Å²) in [5, 5.41) is 6.18. The van der Waals surface area contributed by atoms with Gasteiger partial charge in [-0.3, -0.25) is 0 Å². The first kappa shape index (κ1) is 14.4. The second kappa shape index (κ2) is 6.51. The van der Waals surface area contributed by atoms with E-state index in [1.54, 1.807) is 11.3 Å². The number of hydrogen-bond donors (Lipinski definition) is 1. The van der Waals surface area contributed by atoms with E-state index in [0.29, 0.717) is 19.0 Å². The molecule has 3 aromatic rings. The summed E-state index contributed by atoms with van der Waals surface area (Å²) in [7, 11) is 1.87. The number of anilines is 1. The van der Waals surface area contributed by atoms with Gasteiger partial charge < -0.3 is 10.1 Å². The van der Waals surface area contributed by atoms with Gasteiger partial charge in [0.1, 0.15) is 17.3 Å². The second-order valence-electron chi connectivity index (χ2n) is 4.50. The molecule has 0 aliphatic heterocycles. The summed E-state index contributed by atoms with van der Waals surface area (Å²) in [6, 6.07) is 10.1. The van der Waals surface area contributed by atoms with Crippen LogP contribution in [0.4, 0.5) is 5.82 Å². The van der Waals surface area contributed by atoms with Crippen LogP contribution in [0, 0.1) is 0 Å². The maximum absolute atomic E-state index is 5.71. The van der Waals surface area contributed by atoms with Gasteiger partial charge in [-0.05, 0) is 29.1 Å². The van der Waals surface area contributed by atoms with Crippen molar-refractivity contribution in [2.75, 3.05) is 12.4 Å². The molecule has 0 saturated heterocycles. The molecule has 0 atom stereocenters. The van der Waals surface area contributed by atoms with E-state index in [1.807, 2.05) is 42.8 Å². The number of fused-ring (bicyclic) bond motifs is 1. The van der Waals surface area contributed by atoms with Crippen LogP contribution < -0.4 is 5.32 Å². The lowest BCUT2D eigenvalue weighted by Gasteiger charge is -2.07. The smallest absolute Gasteiger partial charge is 0.158 e. The van der Waals surface area contributed by atoms with E-state index in [-0.39, 0.29) is 0 Å². The van der Waals surface area contributed by atoms with Crippen molar-refractivity contribution < 1.29 is 4.74 Å². The predicted octanol–water partition coefficient (Wildman–Crippen LogP) is 4.21. The van der Waals surface area contributed by atoms with Crippen LogP contribution in [0.3, 0.4) is 0 Å². The van der Waals surface area contributed by atoms with Gasteiger partial charge in [0.15, 0.2) is 5.82 Å². The van der Waals surface area contributed by atoms with E-state index >= 15 is 0 Å². The third-order valence-corrected chi connectivity index (χ3v) is 4.36. The van der Waals surface area contributed by atoms with Gasteiger partial charge in [-0.15, -0.1) is 11.3 Å². The second-order valence-corrected chi connectivity index (χ2v) is 6.31. The Balaban J connectivity index is 1.68. The van der Waals surface area contributed by atoms with Crippen molar-refractivity contribution in [1.82, 2.24) is 9.97 Å². The average Bonchev–Trinajstić information content (AvgIpc) is 2.97. The molecule has 0 saturated carbocycles. The van der Waals surface area contributed by atoms with Crippen molar-refractivity contribution in [2.24, 2.45) is 0 Å². The molecule has 0 amide bonds. The van der Waals surface area contributed by atoms with Gasteiger partial charge in [-0.2, -0.15) is 0 Å². The number of halogens is 1. The van der Waals surface area contributed by atoms with E-state index in [9.17, 15) is 0 Å². The minimum absolute atomic E-state index is 0.401. The minimum atomic E-state index is 0.401. The van der Waals surface area contributed by atoms with Crippen molar-refractivity contribution >= 4 is 43.3 Å². The van der Waals surface area contributed by atoms with Crippen molar-refractivity contribution in [3.63, 3.8) is 0 Å². The Bertz CT molecular complexity index is 742. The quantitative estimate of drug-likeness (QED) is 0.737. The molecule has 21 heavy (non-hydrogen) atoms. The van der Waals surface area contributed by atoms with Gasteiger partial charge >= 0.3 is 0 Å². The molecule has 0 spiro atoms. The van der Waals surface area contributed by atoms with E-state index in [4.69, 9.17) is 4.74 Å². The molecule has 2 heterocycles. The highest BCUT2D eigenvalue weighted by Gasteiger charge is 2.07. The molecule has 3 rings (SSSR count). The highest BCUT2D eigenvalue weighted by molar-refractivity contribution is 9.10. The maximum Gasteiger partial charge on any atom is 0.158 e. The summed E-state index contributed by atoms with van der Waals surface area (Å²) in [6.07, 6.45) is 0. The molecule has 0 fully saturated rings. The summed E-state index contributed by atoms with van der Waals surface area (Å²) in [5.41, 5.74) is 1.13. The molecule has 6 heteroatoms. The van der Waals surface area contributed by atoms with E-state index in [2.05, 4.69) is 31.2 Å². The Kier molecular flexibility index (Phi) is 4.48. The highest BCUT2D eigenvalue weighted by atomic mass is 79.9. The van der Waals surface area contributed by atoms with Crippen LogP contribution in [0.2, 0.25) is 0 Å². The molecule has 0 aliphatic carbocycles. The first-order valence-electron chi connectivity index (χ1n) is 6.50. The van der Waals surface area contributed by atoms with Crippen LogP contribution in [0.1, 0.15) is 11.4 Å². The molecular weight excluding hydrogens is 350 g/mol. The molecule has 0 bridgehead atoms. The van der Waals surface area contributed by atoms with Crippen molar-refractivity contribution in [2.45, 2.75) is 13.2 Å². The first-order chi connectivity index (χ1) is 10.3. The summed E-state index contributed by atoms with van der Waals surface area (Å²) >= 11 is 5.03. The zero-order valence-electron chi connectivity index (χ0n) is 11.5. The summed E-state index contributed by atoms with van der Waals surface area (Å²) < 4.78 is 6.77.